The van der Waals surface area contributed by atoms with Gasteiger partial charge in [0.1, 0.15) is 17.3 Å². The molecule has 2 N–H and O–H groups in total. The number of amides is 2. The second kappa shape index (κ2) is 6.68. The van der Waals surface area contributed by atoms with Crippen molar-refractivity contribution in [2.75, 3.05) is 26.0 Å². The van der Waals surface area contributed by atoms with Crippen LogP contribution in [0.2, 0.25) is 0 Å². The van der Waals surface area contributed by atoms with E-state index in [0.717, 1.165) is 23.1 Å². The van der Waals surface area contributed by atoms with Crippen molar-refractivity contribution in [3.63, 3.8) is 0 Å². The van der Waals surface area contributed by atoms with Crippen molar-refractivity contribution < 1.29 is 9.21 Å². The van der Waals surface area contributed by atoms with E-state index in [1.165, 1.54) is 0 Å². The molecule has 2 rings (SSSR count). The molecule has 7 nitrogen and oxygen atoms in total. The molecule has 2 aromatic rings. The van der Waals surface area contributed by atoms with E-state index in [9.17, 15) is 4.79 Å². The second-order valence-corrected chi connectivity index (χ2v) is 5.66. The molecular weight excluding hydrogens is 290 g/mol. The molecule has 114 valence electrons. The van der Waals surface area contributed by atoms with E-state index in [1.54, 1.807) is 6.92 Å². The smallest absolute Gasteiger partial charge is 0.321 e. The predicted octanol–water partition coefficient (Wildman–Crippen LogP) is 2.17. The highest BCUT2D eigenvalue weighted by atomic mass is 32.1. The van der Waals surface area contributed by atoms with E-state index in [2.05, 4.69) is 20.0 Å². The van der Waals surface area contributed by atoms with Crippen LogP contribution in [0.3, 0.4) is 0 Å². The highest BCUT2D eigenvalue weighted by molar-refractivity contribution is 7.09. The van der Waals surface area contributed by atoms with Crippen LogP contribution in [0.15, 0.2) is 16.5 Å². The summed E-state index contributed by atoms with van der Waals surface area (Å²) in [5.41, 5.74) is 0. The van der Waals surface area contributed by atoms with Gasteiger partial charge in [-0.15, -0.1) is 0 Å². The summed E-state index contributed by atoms with van der Waals surface area (Å²) >= 11 is 1.16. The van der Waals surface area contributed by atoms with Crippen LogP contribution < -0.4 is 10.6 Å². The van der Waals surface area contributed by atoms with E-state index in [1.807, 2.05) is 38.1 Å². The monoisotopic (exact) mass is 309 g/mol. The number of aryl methyl sites for hydroxylation is 2. The molecule has 21 heavy (non-hydrogen) atoms. The topological polar surface area (TPSA) is 83.3 Å². The number of nitrogens with zero attached hydrogens (tertiary/aromatic N) is 3. The summed E-state index contributed by atoms with van der Waals surface area (Å²) in [5, 5.41) is 5.96. The Morgan fingerprint density at radius 3 is 2.71 bits per heavy atom. The van der Waals surface area contributed by atoms with Crippen molar-refractivity contribution >= 4 is 22.7 Å². The lowest BCUT2D eigenvalue weighted by molar-refractivity contribution is 0.232. The van der Waals surface area contributed by atoms with Gasteiger partial charge in [-0.25, -0.2) is 9.78 Å². The van der Waals surface area contributed by atoms with Crippen LogP contribution in [0.1, 0.15) is 23.4 Å². The maximum Gasteiger partial charge on any atom is 0.321 e. The average molecular weight is 309 g/mol. The van der Waals surface area contributed by atoms with E-state index in [-0.39, 0.29) is 12.1 Å². The van der Waals surface area contributed by atoms with Crippen molar-refractivity contribution in [1.29, 1.82) is 0 Å². The Morgan fingerprint density at radius 2 is 2.19 bits per heavy atom. The minimum Gasteiger partial charge on any atom is -0.465 e. The van der Waals surface area contributed by atoms with E-state index in [0.29, 0.717) is 17.5 Å². The number of hydrogen-bond donors (Lipinski definition) is 2. The van der Waals surface area contributed by atoms with Crippen molar-refractivity contribution in [1.82, 2.24) is 19.6 Å². The Balaban J connectivity index is 1.91. The quantitative estimate of drug-likeness (QED) is 0.884. The number of aromatic nitrogens is 2. The largest absolute Gasteiger partial charge is 0.465 e. The molecule has 0 spiro atoms. The summed E-state index contributed by atoms with van der Waals surface area (Å²) in [6, 6.07) is 3.51. The van der Waals surface area contributed by atoms with Gasteiger partial charge >= 0.3 is 6.03 Å². The number of anilines is 1. The molecule has 0 saturated heterocycles. The number of urea groups is 1. The third-order valence-electron chi connectivity index (χ3n) is 2.92. The van der Waals surface area contributed by atoms with Crippen molar-refractivity contribution in [3.05, 3.63) is 29.5 Å². The zero-order valence-corrected chi connectivity index (χ0v) is 13.3. The molecule has 0 aromatic carbocycles. The molecule has 0 saturated carbocycles. The van der Waals surface area contributed by atoms with Gasteiger partial charge < -0.3 is 9.73 Å². The maximum atomic E-state index is 11.9. The van der Waals surface area contributed by atoms with Crippen LogP contribution in [-0.4, -0.2) is 40.9 Å². The van der Waals surface area contributed by atoms with Gasteiger partial charge in [0.05, 0.1) is 6.04 Å². The maximum absolute atomic E-state index is 11.9. The normalized spacial score (nSPS) is 12.4. The van der Waals surface area contributed by atoms with Gasteiger partial charge in [-0.05, 0) is 40.1 Å². The molecule has 2 aromatic heterocycles. The summed E-state index contributed by atoms with van der Waals surface area (Å²) in [7, 11) is 3.88. The minimum absolute atomic E-state index is 0.0272. The predicted molar refractivity (Wildman–Crippen MR) is 81.5 cm³/mol. The third-order valence-corrected chi connectivity index (χ3v) is 3.64. The first kappa shape index (κ1) is 15.5. The van der Waals surface area contributed by atoms with E-state index < -0.39 is 0 Å². The lowest BCUT2D eigenvalue weighted by atomic mass is 10.2. The van der Waals surface area contributed by atoms with Gasteiger partial charge in [0, 0.05) is 18.1 Å². The molecule has 0 aliphatic carbocycles. The standard InChI is InChI=1S/C13H19N5O2S/c1-8-5-6-11(20-8)10(18(3)4)7-14-12(19)16-13-15-9(2)17-21-13/h5-6,10H,7H2,1-4H3,(H2,14,15,16,17,19). The number of furan rings is 1. The molecule has 0 aliphatic heterocycles. The van der Waals surface area contributed by atoms with Crippen LogP contribution in [0.5, 0.6) is 0 Å². The highest BCUT2D eigenvalue weighted by Gasteiger charge is 2.18. The van der Waals surface area contributed by atoms with Crippen LogP contribution in [0.25, 0.3) is 0 Å². The van der Waals surface area contributed by atoms with Crippen LogP contribution in [0, 0.1) is 13.8 Å². The fourth-order valence-electron chi connectivity index (χ4n) is 1.85. The Morgan fingerprint density at radius 1 is 1.43 bits per heavy atom. The van der Waals surface area contributed by atoms with Gasteiger partial charge in [0.25, 0.3) is 0 Å². The number of rotatable bonds is 5. The van der Waals surface area contributed by atoms with Crippen LogP contribution in [-0.2, 0) is 0 Å². The lowest BCUT2D eigenvalue weighted by Crippen LogP contribution is -2.36. The molecule has 8 heteroatoms. The van der Waals surface area contributed by atoms with E-state index >= 15 is 0 Å². The molecular formula is C13H19N5O2S. The zero-order chi connectivity index (χ0) is 15.4. The van der Waals surface area contributed by atoms with Crippen LogP contribution >= 0.6 is 11.5 Å². The highest BCUT2D eigenvalue weighted by Crippen LogP contribution is 2.20. The number of hydrogen-bond acceptors (Lipinski definition) is 6. The minimum atomic E-state index is -0.304. The Bertz CT molecular complexity index is 607. The second-order valence-electron chi connectivity index (χ2n) is 4.91. The number of nitrogens with one attached hydrogen (secondary N) is 2. The fraction of sp³-hybridized carbons (Fsp3) is 0.462. The molecule has 1 unspecified atom stereocenters. The average Bonchev–Trinajstić information content (AvgIpc) is 2.98. The fourth-order valence-corrected chi connectivity index (χ4v) is 2.42. The first-order chi connectivity index (χ1) is 9.95. The summed E-state index contributed by atoms with van der Waals surface area (Å²) in [4.78, 5) is 17.9. The number of carbonyl (C=O) groups excluding carboxylic acids is 1. The molecule has 0 radical (unpaired) electrons. The van der Waals surface area contributed by atoms with Gasteiger partial charge in [0.2, 0.25) is 5.13 Å². The molecule has 1 atom stereocenters. The Labute approximate surface area is 127 Å². The van der Waals surface area contributed by atoms with Crippen molar-refractivity contribution in [3.8, 4) is 0 Å². The molecule has 0 aliphatic rings. The Kier molecular flexibility index (Phi) is 4.92. The molecule has 2 amide bonds. The summed E-state index contributed by atoms with van der Waals surface area (Å²) in [6.45, 7) is 4.11. The van der Waals surface area contributed by atoms with Crippen molar-refractivity contribution in [2.24, 2.45) is 0 Å². The summed E-state index contributed by atoms with van der Waals surface area (Å²) in [5.74, 6) is 2.32. The van der Waals surface area contributed by atoms with Crippen molar-refractivity contribution in [2.45, 2.75) is 19.9 Å². The molecule has 0 bridgehead atoms. The number of carbonyl (C=O) groups is 1. The van der Waals surface area contributed by atoms with Gasteiger partial charge in [0.15, 0.2) is 0 Å². The van der Waals surface area contributed by atoms with Gasteiger partial charge in [-0.2, -0.15) is 4.37 Å². The lowest BCUT2D eigenvalue weighted by Gasteiger charge is -2.22. The molecule has 2 heterocycles. The SMILES string of the molecule is Cc1nsc(NC(=O)NCC(c2ccc(C)o2)N(C)C)n1. The zero-order valence-electron chi connectivity index (χ0n) is 12.5. The number of likely N-dealkylation sites (N-methyl/N-ethyl adjacent to an activating group) is 1. The van der Waals surface area contributed by atoms with Gasteiger partial charge in [-0.1, -0.05) is 0 Å². The third kappa shape index (κ3) is 4.27. The summed E-state index contributed by atoms with van der Waals surface area (Å²) in [6.07, 6.45) is 0. The molecule has 0 fully saturated rings. The first-order valence-corrected chi connectivity index (χ1v) is 7.31. The van der Waals surface area contributed by atoms with Gasteiger partial charge in [-0.3, -0.25) is 10.2 Å². The van der Waals surface area contributed by atoms with Crippen LogP contribution in [0.4, 0.5) is 9.93 Å². The van der Waals surface area contributed by atoms with E-state index in [4.69, 9.17) is 4.42 Å². The first-order valence-electron chi connectivity index (χ1n) is 6.53. The summed E-state index contributed by atoms with van der Waals surface area (Å²) < 4.78 is 9.64. The Hall–Kier alpha value is -1.93.